The SMILES string of the molecule is CCCn1nc(CC(C)C)nc1Cc1ccc(-c2ccncc2-c2nnn[nH]2)cc1. The lowest BCUT2D eigenvalue weighted by Crippen LogP contribution is -2.06. The average Bonchev–Trinajstić information content (AvgIpc) is 3.39. The molecule has 0 aliphatic carbocycles. The van der Waals surface area contributed by atoms with Gasteiger partial charge in [0.25, 0.3) is 0 Å². The summed E-state index contributed by atoms with van der Waals surface area (Å²) in [6.07, 6.45) is 6.26. The summed E-state index contributed by atoms with van der Waals surface area (Å²) >= 11 is 0. The van der Waals surface area contributed by atoms with Crippen molar-refractivity contribution in [3.05, 3.63) is 59.9 Å². The van der Waals surface area contributed by atoms with Crippen molar-refractivity contribution in [2.24, 2.45) is 5.92 Å². The fraction of sp³-hybridized carbons (Fsp3) is 0.364. The lowest BCUT2D eigenvalue weighted by atomic mass is 9.99. The second kappa shape index (κ2) is 8.94. The van der Waals surface area contributed by atoms with Gasteiger partial charge < -0.3 is 0 Å². The van der Waals surface area contributed by atoms with Crippen LogP contribution in [-0.2, 0) is 19.4 Å². The molecule has 3 heterocycles. The maximum absolute atomic E-state index is 4.81. The van der Waals surface area contributed by atoms with Gasteiger partial charge in [-0.2, -0.15) is 5.10 Å². The lowest BCUT2D eigenvalue weighted by molar-refractivity contribution is 0.559. The van der Waals surface area contributed by atoms with Gasteiger partial charge in [-0.1, -0.05) is 45.0 Å². The van der Waals surface area contributed by atoms with Gasteiger partial charge in [-0.25, -0.2) is 14.8 Å². The summed E-state index contributed by atoms with van der Waals surface area (Å²) in [5, 5.41) is 18.9. The smallest absolute Gasteiger partial charge is 0.181 e. The summed E-state index contributed by atoms with van der Waals surface area (Å²) in [7, 11) is 0. The molecule has 0 unspecified atom stereocenters. The van der Waals surface area contributed by atoms with Gasteiger partial charge in [-0.3, -0.25) is 4.98 Å². The molecule has 0 aliphatic rings. The van der Waals surface area contributed by atoms with Crippen LogP contribution in [0.4, 0.5) is 0 Å². The van der Waals surface area contributed by atoms with Crippen molar-refractivity contribution in [2.75, 3.05) is 0 Å². The van der Waals surface area contributed by atoms with Crippen molar-refractivity contribution in [1.82, 2.24) is 40.4 Å². The summed E-state index contributed by atoms with van der Waals surface area (Å²) in [5.41, 5.74) is 4.19. The summed E-state index contributed by atoms with van der Waals surface area (Å²) in [6, 6.07) is 10.5. The minimum atomic E-state index is 0.545. The molecule has 1 aromatic carbocycles. The molecular weight excluding hydrogens is 376 g/mol. The molecule has 0 saturated heterocycles. The number of hydrogen-bond donors (Lipinski definition) is 1. The van der Waals surface area contributed by atoms with E-state index in [1.165, 1.54) is 5.56 Å². The highest BCUT2D eigenvalue weighted by molar-refractivity contribution is 5.79. The van der Waals surface area contributed by atoms with Gasteiger partial charge in [-0.15, -0.1) is 5.10 Å². The maximum atomic E-state index is 4.81. The molecule has 0 radical (unpaired) electrons. The number of aryl methyl sites for hydroxylation is 1. The number of rotatable bonds is 8. The third-order valence-corrected chi connectivity index (χ3v) is 4.87. The predicted octanol–water partition coefficient (Wildman–Crippen LogP) is 3.72. The molecule has 30 heavy (non-hydrogen) atoms. The number of tetrazole rings is 1. The van der Waals surface area contributed by atoms with Crippen molar-refractivity contribution >= 4 is 0 Å². The normalized spacial score (nSPS) is 11.3. The first-order valence-electron chi connectivity index (χ1n) is 10.3. The van der Waals surface area contributed by atoms with Gasteiger partial charge in [0.2, 0.25) is 0 Å². The molecule has 0 fully saturated rings. The first-order chi connectivity index (χ1) is 14.6. The summed E-state index contributed by atoms with van der Waals surface area (Å²) < 4.78 is 2.06. The fourth-order valence-corrected chi connectivity index (χ4v) is 3.49. The Labute approximate surface area is 175 Å². The predicted molar refractivity (Wildman–Crippen MR) is 115 cm³/mol. The molecule has 0 atom stereocenters. The number of aromatic amines is 1. The molecule has 8 nitrogen and oxygen atoms in total. The van der Waals surface area contributed by atoms with Gasteiger partial charge in [0.15, 0.2) is 11.6 Å². The van der Waals surface area contributed by atoms with E-state index in [4.69, 9.17) is 10.1 Å². The molecule has 0 bridgehead atoms. The van der Waals surface area contributed by atoms with E-state index in [-0.39, 0.29) is 0 Å². The minimum Gasteiger partial charge on any atom is -0.264 e. The standard InChI is InChI=1S/C22H26N8/c1-4-11-30-21(24-20(27-30)12-15(2)3)13-16-5-7-17(8-6-16)18-9-10-23-14-19(18)22-25-28-29-26-22/h5-10,14-15H,4,11-13H2,1-3H3,(H,25,26,28,29). The van der Waals surface area contributed by atoms with Crippen LogP contribution in [0.3, 0.4) is 0 Å². The number of benzene rings is 1. The highest BCUT2D eigenvalue weighted by atomic mass is 15.5. The molecule has 8 heteroatoms. The van der Waals surface area contributed by atoms with Gasteiger partial charge in [-0.05, 0) is 45.5 Å². The van der Waals surface area contributed by atoms with Crippen LogP contribution < -0.4 is 0 Å². The number of pyridine rings is 1. The van der Waals surface area contributed by atoms with Crippen molar-refractivity contribution in [2.45, 2.75) is 46.6 Å². The zero-order valence-corrected chi connectivity index (χ0v) is 17.6. The van der Waals surface area contributed by atoms with Crippen LogP contribution in [0.2, 0.25) is 0 Å². The molecule has 4 rings (SSSR count). The van der Waals surface area contributed by atoms with Gasteiger partial charge in [0, 0.05) is 37.3 Å². The van der Waals surface area contributed by atoms with E-state index in [1.807, 2.05) is 6.07 Å². The van der Waals surface area contributed by atoms with E-state index in [9.17, 15) is 0 Å². The molecule has 3 aromatic heterocycles. The molecule has 0 saturated carbocycles. The number of hydrogen-bond acceptors (Lipinski definition) is 6. The Bertz CT molecular complexity index is 1080. The van der Waals surface area contributed by atoms with Crippen LogP contribution in [0.5, 0.6) is 0 Å². The Morgan fingerprint density at radius 1 is 1.07 bits per heavy atom. The van der Waals surface area contributed by atoms with E-state index in [0.29, 0.717) is 11.7 Å². The zero-order chi connectivity index (χ0) is 20.9. The van der Waals surface area contributed by atoms with E-state index >= 15 is 0 Å². The van der Waals surface area contributed by atoms with Crippen LogP contribution in [-0.4, -0.2) is 40.4 Å². The lowest BCUT2D eigenvalue weighted by Gasteiger charge is -2.08. The number of H-pyrrole nitrogens is 1. The van der Waals surface area contributed by atoms with Crippen LogP contribution in [0.15, 0.2) is 42.7 Å². The molecule has 1 N–H and O–H groups in total. The Morgan fingerprint density at radius 3 is 2.60 bits per heavy atom. The Kier molecular flexibility index (Phi) is 5.92. The Balaban J connectivity index is 1.58. The van der Waals surface area contributed by atoms with E-state index in [2.05, 4.69) is 75.3 Å². The van der Waals surface area contributed by atoms with E-state index in [0.717, 1.165) is 54.1 Å². The number of aromatic nitrogens is 8. The number of nitrogens with zero attached hydrogens (tertiary/aromatic N) is 7. The maximum Gasteiger partial charge on any atom is 0.181 e. The Morgan fingerprint density at radius 2 is 1.90 bits per heavy atom. The van der Waals surface area contributed by atoms with E-state index < -0.39 is 0 Å². The Hall–Kier alpha value is -3.42. The topological polar surface area (TPSA) is 98.1 Å². The summed E-state index contributed by atoms with van der Waals surface area (Å²) in [6.45, 7) is 7.45. The zero-order valence-electron chi connectivity index (χ0n) is 17.6. The van der Waals surface area contributed by atoms with Crippen LogP contribution in [0.25, 0.3) is 22.5 Å². The second-order valence-corrected chi connectivity index (χ2v) is 7.81. The average molecular weight is 403 g/mol. The first-order valence-corrected chi connectivity index (χ1v) is 10.3. The fourth-order valence-electron chi connectivity index (χ4n) is 3.49. The summed E-state index contributed by atoms with van der Waals surface area (Å²) in [4.78, 5) is 9.03. The molecule has 0 amide bonds. The quantitative estimate of drug-likeness (QED) is 0.482. The summed E-state index contributed by atoms with van der Waals surface area (Å²) in [5.74, 6) is 3.11. The van der Waals surface area contributed by atoms with Crippen LogP contribution >= 0.6 is 0 Å². The highest BCUT2D eigenvalue weighted by Crippen LogP contribution is 2.29. The van der Waals surface area contributed by atoms with Crippen molar-refractivity contribution in [1.29, 1.82) is 0 Å². The largest absolute Gasteiger partial charge is 0.264 e. The molecular formula is C22H26N8. The van der Waals surface area contributed by atoms with Crippen LogP contribution in [0.1, 0.15) is 44.4 Å². The monoisotopic (exact) mass is 402 g/mol. The molecule has 4 aromatic rings. The first kappa shape index (κ1) is 19.9. The van der Waals surface area contributed by atoms with Gasteiger partial charge in [0.05, 0.1) is 0 Å². The number of nitrogens with one attached hydrogen (secondary N) is 1. The van der Waals surface area contributed by atoms with Crippen molar-refractivity contribution < 1.29 is 0 Å². The highest BCUT2D eigenvalue weighted by Gasteiger charge is 2.13. The van der Waals surface area contributed by atoms with Crippen molar-refractivity contribution in [3.63, 3.8) is 0 Å². The van der Waals surface area contributed by atoms with Crippen LogP contribution in [0, 0.1) is 5.92 Å². The minimum absolute atomic E-state index is 0.545. The third kappa shape index (κ3) is 4.42. The molecule has 0 spiro atoms. The third-order valence-electron chi connectivity index (χ3n) is 4.87. The molecule has 0 aliphatic heterocycles. The van der Waals surface area contributed by atoms with Gasteiger partial charge >= 0.3 is 0 Å². The van der Waals surface area contributed by atoms with Gasteiger partial charge in [0.1, 0.15) is 5.82 Å². The van der Waals surface area contributed by atoms with E-state index in [1.54, 1.807) is 12.4 Å². The van der Waals surface area contributed by atoms with Crippen molar-refractivity contribution in [3.8, 4) is 22.5 Å². The second-order valence-electron chi connectivity index (χ2n) is 7.81. The molecule has 154 valence electrons.